The third kappa shape index (κ3) is 4.09. The zero-order valence-electron chi connectivity index (χ0n) is 14.0. The van der Waals surface area contributed by atoms with Crippen LogP contribution in [0.1, 0.15) is 11.4 Å². The Morgan fingerprint density at radius 2 is 1.84 bits per heavy atom. The lowest BCUT2D eigenvalue weighted by Crippen LogP contribution is -2.16. The molecule has 3 aromatic rings. The van der Waals surface area contributed by atoms with Crippen molar-refractivity contribution in [1.29, 1.82) is 0 Å². The van der Waals surface area contributed by atoms with E-state index in [1.807, 2.05) is 73.1 Å². The van der Waals surface area contributed by atoms with Crippen LogP contribution in [-0.2, 0) is 18.4 Å². The fraction of sp³-hybridized carbons (Fsp3) is 0.158. The smallest absolute Gasteiger partial charge is 0.413 e. The molecule has 1 aromatic heterocycles. The van der Waals surface area contributed by atoms with Crippen LogP contribution in [0.5, 0.6) is 0 Å². The van der Waals surface area contributed by atoms with E-state index in [1.54, 1.807) is 0 Å². The minimum absolute atomic E-state index is 0.219. The number of amides is 1. The first kappa shape index (κ1) is 17.2. The van der Waals surface area contributed by atoms with Gasteiger partial charge in [0, 0.05) is 17.1 Å². The highest BCUT2D eigenvalue weighted by atomic mass is 79.9. The van der Waals surface area contributed by atoms with Crippen molar-refractivity contribution in [1.82, 2.24) is 9.55 Å². The summed E-state index contributed by atoms with van der Waals surface area (Å²) in [4.78, 5) is 16.8. The summed E-state index contributed by atoms with van der Waals surface area (Å²) >= 11 is 3.42. The van der Waals surface area contributed by atoms with Gasteiger partial charge in [-0.25, -0.2) is 9.78 Å². The van der Waals surface area contributed by atoms with Crippen LogP contribution in [0.4, 0.5) is 10.6 Å². The minimum Gasteiger partial charge on any atom is -0.444 e. The number of hydrogen-bond acceptors (Lipinski definition) is 3. The van der Waals surface area contributed by atoms with Gasteiger partial charge in [-0.1, -0.05) is 58.4 Å². The van der Waals surface area contributed by atoms with Crippen LogP contribution in [0, 0.1) is 6.92 Å². The van der Waals surface area contributed by atoms with Gasteiger partial charge in [-0.05, 0) is 24.6 Å². The first-order valence-corrected chi connectivity index (χ1v) is 8.61. The molecule has 0 bridgehead atoms. The summed E-state index contributed by atoms with van der Waals surface area (Å²) in [5, 5.41) is 2.81. The molecule has 1 heterocycles. The Balaban J connectivity index is 1.77. The molecule has 0 aliphatic heterocycles. The second-order valence-electron chi connectivity index (χ2n) is 5.61. The Morgan fingerprint density at radius 1 is 1.16 bits per heavy atom. The highest BCUT2D eigenvalue weighted by Gasteiger charge is 2.17. The largest absolute Gasteiger partial charge is 0.444 e. The van der Waals surface area contributed by atoms with Crippen LogP contribution in [-0.4, -0.2) is 15.6 Å². The second kappa shape index (κ2) is 7.53. The van der Waals surface area contributed by atoms with Crippen LogP contribution < -0.4 is 5.32 Å². The number of nitrogens with zero attached hydrogens (tertiary/aromatic N) is 2. The van der Waals surface area contributed by atoms with Gasteiger partial charge in [0.15, 0.2) is 0 Å². The maximum atomic E-state index is 12.2. The average Bonchev–Trinajstić information content (AvgIpc) is 2.90. The number of carbonyl (C=O) groups excluding carboxylic acids is 1. The number of hydrogen-bond donors (Lipinski definition) is 1. The molecule has 1 amide bonds. The van der Waals surface area contributed by atoms with E-state index in [9.17, 15) is 4.79 Å². The first-order chi connectivity index (χ1) is 12.0. The summed E-state index contributed by atoms with van der Waals surface area (Å²) in [6, 6.07) is 17.3. The van der Waals surface area contributed by atoms with Gasteiger partial charge < -0.3 is 9.30 Å². The van der Waals surface area contributed by atoms with Crippen LogP contribution in [0.15, 0.2) is 59.1 Å². The molecule has 0 radical (unpaired) electrons. The second-order valence-corrected chi connectivity index (χ2v) is 6.52. The standard InChI is InChI=1S/C19H18BrN3O2/c1-13-21-17(15-8-10-16(20)11-9-15)18(23(13)2)22-19(24)25-12-14-6-4-3-5-7-14/h3-11H,12H2,1-2H3,(H,22,24). The molecule has 5 nitrogen and oxygen atoms in total. The van der Waals surface area contributed by atoms with Crippen LogP contribution >= 0.6 is 15.9 Å². The fourth-order valence-electron chi connectivity index (χ4n) is 2.42. The number of aromatic nitrogens is 2. The predicted octanol–water partition coefficient (Wildman–Crippen LogP) is 4.91. The van der Waals surface area contributed by atoms with Crippen molar-refractivity contribution in [2.45, 2.75) is 13.5 Å². The zero-order chi connectivity index (χ0) is 17.8. The third-order valence-electron chi connectivity index (χ3n) is 3.87. The van der Waals surface area contributed by atoms with E-state index in [0.717, 1.165) is 21.4 Å². The topological polar surface area (TPSA) is 56.1 Å². The van der Waals surface area contributed by atoms with Crippen molar-refractivity contribution in [3.8, 4) is 11.3 Å². The predicted molar refractivity (Wildman–Crippen MR) is 101 cm³/mol. The summed E-state index contributed by atoms with van der Waals surface area (Å²) in [6.45, 7) is 2.11. The summed E-state index contributed by atoms with van der Waals surface area (Å²) in [6.07, 6.45) is -0.509. The lowest BCUT2D eigenvalue weighted by Gasteiger charge is -2.10. The van der Waals surface area contributed by atoms with Gasteiger partial charge in [-0.15, -0.1) is 0 Å². The fourth-order valence-corrected chi connectivity index (χ4v) is 2.68. The van der Waals surface area contributed by atoms with E-state index in [-0.39, 0.29) is 6.61 Å². The summed E-state index contributed by atoms with van der Waals surface area (Å²) in [5.41, 5.74) is 2.57. The SMILES string of the molecule is Cc1nc(-c2ccc(Br)cc2)c(NC(=O)OCc2ccccc2)n1C. The van der Waals surface area contributed by atoms with Gasteiger partial charge in [0.1, 0.15) is 23.9 Å². The van der Waals surface area contributed by atoms with E-state index < -0.39 is 6.09 Å². The van der Waals surface area contributed by atoms with Gasteiger partial charge in [-0.3, -0.25) is 5.32 Å². The van der Waals surface area contributed by atoms with Crippen molar-refractivity contribution in [2.24, 2.45) is 7.05 Å². The van der Waals surface area contributed by atoms with E-state index in [4.69, 9.17) is 4.74 Å². The maximum Gasteiger partial charge on any atom is 0.413 e. The van der Waals surface area contributed by atoms with Gasteiger partial charge in [0.05, 0.1) is 0 Å². The van der Waals surface area contributed by atoms with Gasteiger partial charge in [0.2, 0.25) is 0 Å². The Labute approximate surface area is 154 Å². The molecule has 0 aliphatic carbocycles. The molecule has 0 saturated carbocycles. The molecule has 0 unspecified atom stereocenters. The number of rotatable bonds is 4. The lowest BCUT2D eigenvalue weighted by atomic mass is 10.1. The van der Waals surface area contributed by atoms with Gasteiger partial charge in [0.25, 0.3) is 0 Å². The molecule has 0 aliphatic rings. The number of aryl methyl sites for hydroxylation is 1. The molecule has 0 saturated heterocycles. The van der Waals surface area contributed by atoms with Crippen molar-refractivity contribution in [3.05, 3.63) is 70.5 Å². The molecule has 1 N–H and O–H groups in total. The number of ether oxygens (including phenoxy) is 1. The number of nitrogens with one attached hydrogen (secondary N) is 1. The number of benzene rings is 2. The Kier molecular flexibility index (Phi) is 5.19. The molecular formula is C19H18BrN3O2. The Bertz CT molecular complexity index is 874. The molecular weight excluding hydrogens is 382 g/mol. The van der Waals surface area contributed by atoms with Crippen molar-refractivity contribution in [2.75, 3.05) is 5.32 Å². The van der Waals surface area contributed by atoms with Crippen LogP contribution in [0.2, 0.25) is 0 Å². The van der Waals surface area contributed by atoms with E-state index in [0.29, 0.717) is 11.5 Å². The third-order valence-corrected chi connectivity index (χ3v) is 4.40. The molecule has 0 fully saturated rings. The monoisotopic (exact) mass is 399 g/mol. The van der Waals surface area contributed by atoms with Crippen LogP contribution in [0.25, 0.3) is 11.3 Å². The van der Waals surface area contributed by atoms with Crippen LogP contribution in [0.3, 0.4) is 0 Å². The van der Waals surface area contributed by atoms with Crippen molar-refractivity contribution >= 4 is 27.8 Å². The first-order valence-electron chi connectivity index (χ1n) is 7.81. The number of halogens is 1. The summed E-state index contributed by atoms with van der Waals surface area (Å²) in [7, 11) is 1.86. The highest BCUT2D eigenvalue weighted by Crippen LogP contribution is 2.29. The highest BCUT2D eigenvalue weighted by molar-refractivity contribution is 9.10. The zero-order valence-corrected chi connectivity index (χ0v) is 15.6. The quantitative estimate of drug-likeness (QED) is 0.677. The van der Waals surface area contributed by atoms with Crippen molar-refractivity contribution < 1.29 is 9.53 Å². The van der Waals surface area contributed by atoms with Crippen molar-refractivity contribution in [3.63, 3.8) is 0 Å². The Morgan fingerprint density at radius 3 is 2.52 bits per heavy atom. The van der Waals surface area contributed by atoms with E-state index >= 15 is 0 Å². The minimum atomic E-state index is -0.509. The molecule has 3 rings (SSSR count). The summed E-state index contributed by atoms with van der Waals surface area (Å²) in [5.74, 6) is 1.41. The molecule has 25 heavy (non-hydrogen) atoms. The Hall–Kier alpha value is -2.60. The normalized spacial score (nSPS) is 10.5. The summed E-state index contributed by atoms with van der Waals surface area (Å²) < 4.78 is 8.13. The van der Waals surface area contributed by atoms with E-state index in [1.165, 1.54) is 0 Å². The maximum absolute atomic E-state index is 12.2. The van der Waals surface area contributed by atoms with Gasteiger partial charge in [-0.2, -0.15) is 0 Å². The average molecular weight is 400 g/mol. The molecule has 6 heteroatoms. The van der Waals surface area contributed by atoms with Gasteiger partial charge >= 0.3 is 6.09 Å². The number of imidazole rings is 1. The number of anilines is 1. The molecule has 2 aromatic carbocycles. The lowest BCUT2D eigenvalue weighted by molar-refractivity contribution is 0.155. The number of carbonyl (C=O) groups is 1. The van der Waals surface area contributed by atoms with E-state index in [2.05, 4.69) is 26.2 Å². The molecule has 0 spiro atoms. The molecule has 128 valence electrons. The molecule has 0 atom stereocenters.